The fourth-order valence-corrected chi connectivity index (χ4v) is 3.61. The third-order valence-electron chi connectivity index (χ3n) is 4.44. The molecule has 5 nitrogen and oxygen atoms in total. The molecular weight excluding hydrogens is 488 g/mol. The highest BCUT2D eigenvalue weighted by Gasteiger charge is 2.36. The number of phenolic OH excluding ortho intramolecular Hbond substituents is 1. The number of carbonyl (C=O) groups excluding carboxylic acids is 2. The monoisotopic (exact) mass is 504 g/mol. The van der Waals surface area contributed by atoms with Crippen LogP contribution < -0.4 is 5.32 Å². The SMILES string of the molecule is O=C(NC1CC(=O)N(Cc2ccccc2C(F)(F)F)C1)c1cc(I)ccc1O. The Morgan fingerprint density at radius 3 is 2.68 bits per heavy atom. The molecule has 148 valence electrons. The Morgan fingerprint density at radius 2 is 1.96 bits per heavy atom. The van der Waals surface area contributed by atoms with E-state index >= 15 is 0 Å². The molecule has 1 fully saturated rings. The van der Waals surface area contributed by atoms with Gasteiger partial charge < -0.3 is 15.3 Å². The van der Waals surface area contributed by atoms with E-state index in [9.17, 15) is 27.9 Å². The van der Waals surface area contributed by atoms with Crippen LogP contribution in [0.3, 0.4) is 0 Å². The second-order valence-electron chi connectivity index (χ2n) is 6.47. The highest BCUT2D eigenvalue weighted by molar-refractivity contribution is 14.1. The minimum Gasteiger partial charge on any atom is -0.507 e. The molecular formula is C19H16F3IN2O3. The third kappa shape index (κ3) is 4.57. The smallest absolute Gasteiger partial charge is 0.416 e. The minimum atomic E-state index is -4.50. The quantitative estimate of drug-likeness (QED) is 0.627. The number of nitrogens with one attached hydrogen (secondary N) is 1. The summed E-state index contributed by atoms with van der Waals surface area (Å²) in [7, 11) is 0. The van der Waals surface area contributed by atoms with Crippen molar-refractivity contribution in [2.24, 2.45) is 0 Å². The zero-order valence-corrected chi connectivity index (χ0v) is 16.6. The van der Waals surface area contributed by atoms with Crippen molar-refractivity contribution >= 4 is 34.4 Å². The molecule has 1 saturated heterocycles. The van der Waals surface area contributed by atoms with Crippen LogP contribution in [0, 0.1) is 3.57 Å². The molecule has 2 aromatic rings. The van der Waals surface area contributed by atoms with Gasteiger partial charge >= 0.3 is 6.18 Å². The zero-order chi connectivity index (χ0) is 20.5. The van der Waals surface area contributed by atoms with E-state index < -0.39 is 23.7 Å². The van der Waals surface area contributed by atoms with E-state index in [-0.39, 0.29) is 42.3 Å². The molecule has 2 amide bonds. The fourth-order valence-electron chi connectivity index (χ4n) is 3.12. The van der Waals surface area contributed by atoms with Crippen LogP contribution in [0.5, 0.6) is 5.75 Å². The second-order valence-corrected chi connectivity index (χ2v) is 7.71. The third-order valence-corrected chi connectivity index (χ3v) is 5.11. The average molecular weight is 504 g/mol. The molecule has 0 aliphatic carbocycles. The normalized spacial score (nSPS) is 17.1. The van der Waals surface area contributed by atoms with Gasteiger partial charge in [-0.25, -0.2) is 0 Å². The Hall–Kier alpha value is -2.30. The number of phenols is 1. The van der Waals surface area contributed by atoms with Crippen molar-refractivity contribution in [3.63, 3.8) is 0 Å². The number of carbonyl (C=O) groups is 2. The van der Waals surface area contributed by atoms with Gasteiger partial charge in [0.05, 0.1) is 17.2 Å². The number of amides is 2. The number of likely N-dealkylation sites (tertiary alicyclic amines) is 1. The van der Waals surface area contributed by atoms with Crippen LogP contribution in [0.25, 0.3) is 0 Å². The molecule has 9 heteroatoms. The molecule has 0 aromatic heterocycles. The first kappa shape index (κ1) is 20.4. The van der Waals surface area contributed by atoms with E-state index in [0.717, 1.165) is 9.64 Å². The van der Waals surface area contributed by atoms with Crippen molar-refractivity contribution in [3.05, 3.63) is 62.7 Å². The maximum atomic E-state index is 13.1. The lowest BCUT2D eigenvalue weighted by Gasteiger charge is -2.20. The number of halogens is 4. The first-order valence-corrected chi connectivity index (χ1v) is 9.45. The molecule has 1 aliphatic heterocycles. The molecule has 0 saturated carbocycles. The minimum absolute atomic E-state index is 0.00517. The van der Waals surface area contributed by atoms with Crippen molar-refractivity contribution in [2.45, 2.75) is 25.2 Å². The summed E-state index contributed by atoms with van der Waals surface area (Å²) in [5, 5.41) is 12.5. The van der Waals surface area contributed by atoms with E-state index in [1.807, 2.05) is 22.6 Å². The van der Waals surface area contributed by atoms with Crippen LogP contribution in [-0.4, -0.2) is 34.4 Å². The summed E-state index contributed by atoms with van der Waals surface area (Å²) in [6.07, 6.45) is -4.51. The Morgan fingerprint density at radius 1 is 1.25 bits per heavy atom. The van der Waals surface area contributed by atoms with E-state index in [1.165, 1.54) is 35.2 Å². The van der Waals surface area contributed by atoms with E-state index in [2.05, 4.69) is 5.32 Å². The fraction of sp³-hybridized carbons (Fsp3) is 0.263. The summed E-state index contributed by atoms with van der Waals surface area (Å²) in [4.78, 5) is 25.9. The summed E-state index contributed by atoms with van der Waals surface area (Å²) in [6.45, 7) is -0.0865. The van der Waals surface area contributed by atoms with Crippen LogP contribution in [0.15, 0.2) is 42.5 Å². The Balaban J connectivity index is 1.69. The van der Waals surface area contributed by atoms with Gasteiger partial charge in [0.25, 0.3) is 5.91 Å². The lowest BCUT2D eigenvalue weighted by Crippen LogP contribution is -2.37. The van der Waals surface area contributed by atoms with Gasteiger partial charge in [0, 0.05) is 23.1 Å². The molecule has 1 aliphatic rings. The van der Waals surface area contributed by atoms with Gasteiger partial charge in [-0.1, -0.05) is 18.2 Å². The maximum absolute atomic E-state index is 13.1. The summed E-state index contributed by atoms with van der Waals surface area (Å²) in [5.41, 5.74) is -0.690. The summed E-state index contributed by atoms with van der Waals surface area (Å²) >= 11 is 2.00. The molecule has 1 heterocycles. The van der Waals surface area contributed by atoms with Crippen LogP contribution in [0.1, 0.15) is 27.9 Å². The Bertz CT molecular complexity index is 918. The predicted octanol–water partition coefficient (Wildman–Crippen LogP) is 3.55. The standard InChI is InChI=1S/C19H16F3IN2O3/c20-19(21,22)15-4-2-1-3-11(15)9-25-10-13(8-17(25)27)24-18(28)14-7-12(23)5-6-16(14)26/h1-7,13,26H,8-10H2,(H,24,28). The molecule has 28 heavy (non-hydrogen) atoms. The first-order chi connectivity index (χ1) is 13.1. The number of nitrogens with zero attached hydrogens (tertiary/aromatic N) is 1. The van der Waals surface area contributed by atoms with Crippen LogP contribution in [0.4, 0.5) is 13.2 Å². The topological polar surface area (TPSA) is 69.6 Å². The highest BCUT2D eigenvalue weighted by atomic mass is 127. The van der Waals surface area contributed by atoms with E-state index in [1.54, 1.807) is 6.07 Å². The number of hydrogen-bond donors (Lipinski definition) is 2. The highest BCUT2D eigenvalue weighted by Crippen LogP contribution is 2.33. The van der Waals surface area contributed by atoms with Crippen molar-refractivity contribution < 1.29 is 27.9 Å². The number of rotatable bonds is 4. The summed E-state index contributed by atoms with van der Waals surface area (Å²) in [6, 6.07) is 9.12. The predicted molar refractivity (Wildman–Crippen MR) is 104 cm³/mol. The van der Waals surface area contributed by atoms with Gasteiger partial charge in [-0.2, -0.15) is 13.2 Å². The van der Waals surface area contributed by atoms with Gasteiger partial charge in [-0.15, -0.1) is 0 Å². The molecule has 1 unspecified atom stereocenters. The maximum Gasteiger partial charge on any atom is 0.416 e. The van der Waals surface area contributed by atoms with Crippen molar-refractivity contribution in [1.29, 1.82) is 0 Å². The Labute approximate surface area is 172 Å². The zero-order valence-electron chi connectivity index (χ0n) is 14.5. The van der Waals surface area contributed by atoms with Gasteiger partial charge in [0.1, 0.15) is 5.75 Å². The largest absolute Gasteiger partial charge is 0.507 e. The lowest BCUT2D eigenvalue weighted by atomic mass is 10.1. The molecule has 3 rings (SSSR count). The number of benzene rings is 2. The van der Waals surface area contributed by atoms with Crippen molar-refractivity contribution in [3.8, 4) is 5.75 Å². The van der Waals surface area contributed by atoms with Crippen molar-refractivity contribution in [2.75, 3.05) is 6.54 Å². The lowest BCUT2D eigenvalue weighted by molar-refractivity contribution is -0.139. The number of aromatic hydroxyl groups is 1. The summed E-state index contributed by atoms with van der Waals surface area (Å²) < 4.78 is 40.2. The van der Waals surface area contributed by atoms with Gasteiger partial charge in [-0.3, -0.25) is 9.59 Å². The van der Waals surface area contributed by atoms with Crippen LogP contribution in [0.2, 0.25) is 0 Å². The van der Waals surface area contributed by atoms with Gasteiger partial charge in [0.15, 0.2) is 0 Å². The van der Waals surface area contributed by atoms with E-state index in [4.69, 9.17) is 0 Å². The molecule has 0 bridgehead atoms. The molecule has 2 N–H and O–H groups in total. The number of hydrogen-bond acceptors (Lipinski definition) is 3. The Kier molecular flexibility index (Phi) is 5.82. The van der Waals surface area contributed by atoms with Gasteiger partial charge in [-0.05, 0) is 52.4 Å². The molecule has 0 spiro atoms. The molecule has 1 atom stereocenters. The van der Waals surface area contributed by atoms with E-state index in [0.29, 0.717) is 0 Å². The molecule has 2 aromatic carbocycles. The van der Waals surface area contributed by atoms with Crippen molar-refractivity contribution in [1.82, 2.24) is 10.2 Å². The molecule has 0 radical (unpaired) electrons. The van der Waals surface area contributed by atoms with Crippen LogP contribution >= 0.6 is 22.6 Å². The average Bonchev–Trinajstić information content (AvgIpc) is 2.95. The summed E-state index contributed by atoms with van der Waals surface area (Å²) in [5.74, 6) is -1.06. The van der Waals surface area contributed by atoms with Crippen LogP contribution in [-0.2, 0) is 17.5 Å². The first-order valence-electron chi connectivity index (χ1n) is 8.37. The number of alkyl halides is 3. The van der Waals surface area contributed by atoms with Gasteiger partial charge in [0.2, 0.25) is 5.91 Å². The second kappa shape index (κ2) is 7.98.